The van der Waals surface area contributed by atoms with Gasteiger partial charge in [0.25, 0.3) is 0 Å². The SMILES string of the molecule is Fc1ccccc1NCc1nc2c(Cl)c(Cl)ccc2s1. The normalized spacial score (nSPS) is 10.9. The van der Waals surface area contributed by atoms with Crippen molar-refractivity contribution in [3.63, 3.8) is 0 Å². The molecule has 0 bridgehead atoms. The molecule has 0 saturated heterocycles. The Balaban J connectivity index is 1.85. The van der Waals surface area contributed by atoms with Gasteiger partial charge >= 0.3 is 0 Å². The Bertz CT molecular complexity index is 773. The maximum Gasteiger partial charge on any atom is 0.146 e. The number of nitrogens with zero attached hydrogens (tertiary/aromatic N) is 1. The highest BCUT2D eigenvalue weighted by molar-refractivity contribution is 7.18. The van der Waals surface area contributed by atoms with E-state index in [1.165, 1.54) is 17.4 Å². The number of aromatic nitrogens is 1. The minimum Gasteiger partial charge on any atom is -0.376 e. The van der Waals surface area contributed by atoms with Crippen molar-refractivity contribution < 1.29 is 4.39 Å². The van der Waals surface area contributed by atoms with Crippen LogP contribution in [-0.2, 0) is 6.54 Å². The molecule has 3 rings (SSSR count). The van der Waals surface area contributed by atoms with E-state index < -0.39 is 0 Å². The van der Waals surface area contributed by atoms with Crippen LogP contribution in [-0.4, -0.2) is 4.98 Å². The Morgan fingerprint density at radius 1 is 1.15 bits per heavy atom. The van der Waals surface area contributed by atoms with Crippen LogP contribution in [0.15, 0.2) is 36.4 Å². The van der Waals surface area contributed by atoms with Crippen LogP contribution < -0.4 is 5.32 Å². The van der Waals surface area contributed by atoms with E-state index in [9.17, 15) is 4.39 Å². The topological polar surface area (TPSA) is 24.9 Å². The molecule has 0 amide bonds. The van der Waals surface area contributed by atoms with Crippen molar-refractivity contribution in [2.45, 2.75) is 6.54 Å². The second kappa shape index (κ2) is 5.56. The highest BCUT2D eigenvalue weighted by Crippen LogP contribution is 2.33. The third-order valence-corrected chi connectivity index (χ3v) is 4.62. The molecule has 0 saturated carbocycles. The molecule has 0 aliphatic rings. The zero-order chi connectivity index (χ0) is 14.1. The van der Waals surface area contributed by atoms with Crippen LogP contribution in [0, 0.1) is 5.82 Å². The van der Waals surface area contributed by atoms with Crippen LogP contribution >= 0.6 is 34.5 Å². The van der Waals surface area contributed by atoms with Crippen LogP contribution in [0.2, 0.25) is 10.0 Å². The number of halogens is 3. The van der Waals surface area contributed by atoms with Gasteiger partial charge in [0.1, 0.15) is 16.3 Å². The molecule has 2 aromatic carbocycles. The van der Waals surface area contributed by atoms with Crippen molar-refractivity contribution >= 4 is 50.4 Å². The number of hydrogen-bond acceptors (Lipinski definition) is 3. The quantitative estimate of drug-likeness (QED) is 0.701. The summed E-state index contributed by atoms with van der Waals surface area (Å²) in [5.74, 6) is -0.283. The predicted molar refractivity (Wildman–Crippen MR) is 83.4 cm³/mol. The van der Waals surface area contributed by atoms with Crippen LogP contribution in [0.4, 0.5) is 10.1 Å². The largest absolute Gasteiger partial charge is 0.376 e. The summed E-state index contributed by atoms with van der Waals surface area (Å²) in [6.45, 7) is 0.439. The molecule has 20 heavy (non-hydrogen) atoms. The number of para-hydroxylation sites is 1. The first kappa shape index (κ1) is 13.6. The third kappa shape index (κ3) is 2.59. The molecular weight excluding hydrogens is 318 g/mol. The molecule has 6 heteroatoms. The fraction of sp³-hybridized carbons (Fsp3) is 0.0714. The highest BCUT2D eigenvalue weighted by atomic mass is 35.5. The summed E-state index contributed by atoms with van der Waals surface area (Å²) in [4.78, 5) is 4.44. The van der Waals surface area contributed by atoms with Gasteiger partial charge in [0.15, 0.2) is 0 Å². The van der Waals surface area contributed by atoms with Gasteiger partial charge in [-0.05, 0) is 24.3 Å². The number of fused-ring (bicyclic) bond motifs is 1. The predicted octanol–water partition coefficient (Wildman–Crippen LogP) is 5.35. The van der Waals surface area contributed by atoms with E-state index in [4.69, 9.17) is 23.2 Å². The van der Waals surface area contributed by atoms with Gasteiger partial charge in [-0.2, -0.15) is 0 Å². The van der Waals surface area contributed by atoms with Gasteiger partial charge in [-0.1, -0.05) is 35.3 Å². The van der Waals surface area contributed by atoms with Gasteiger partial charge < -0.3 is 5.32 Å². The molecule has 1 heterocycles. The molecule has 1 aromatic heterocycles. The minimum absolute atomic E-state index is 0.283. The zero-order valence-electron chi connectivity index (χ0n) is 10.2. The number of rotatable bonds is 3. The molecule has 0 fully saturated rings. The first-order valence-corrected chi connectivity index (χ1v) is 7.44. The third-order valence-electron chi connectivity index (χ3n) is 2.80. The van der Waals surface area contributed by atoms with Crippen molar-refractivity contribution in [3.8, 4) is 0 Å². The summed E-state index contributed by atoms with van der Waals surface area (Å²) in [7, 11) is 0. The molecule has 102 valence electrons. The van der Waals surface area contributed by atoms with Gasteiger partial charge in [-0.15, -0.1) is 11.3 Å². The van der Waals surface area contributed by atoms with Crippen molar-refractivity contribution in [2.75, 3.05) is 5.32 Å². The Morgan fingerprint density at radius 2 is 1.95 bits per heavy atom. The van der Waals surface area contributed by atoms with E-state index in [0.717, 1.165) is 9.71 Å². The number of benzene rings is 2. The van der Waals surface area contributed by atoms with Crippen LogP contribution in [0.1, 0.15) is 5.01 Å². The van der Waals surface area contributed by atoms with Crippen molar-refractivity contribution in [1.82, 2.24) is 4.98 Å². The van der Waals surface area contributed by atoms with Crippen molar-refractivity contribution in [1.29, 1.82) is 0 Å². The first-order chi connectivity index (χ1) is 9.65. The van der Waals surface area contributed by atoms with E-state index >= 15 is 0 Å². The summed E-state index contributed by atoms with van der Waals surface area (Å²) >= 11 is 13.6. The molecule has 2 nitrogen and oxygen atoms in total. The number of hydrogen-bond donors (Lipinski definition) is 1. The molecule has 0 unspecified atom stereocenters. The number of thiazole rings is 1. The van der Waals surface area contributed by atoms with Crippen molar-refractivity contribution in [2.24, 2.45) is 0 Å². The van der Waals surface area contributed by atoms with Gasteiger partial charge in [0.05, 0.1) is 27.0 Å². The molecule has 0 atom stereocenters. The lowest BCUT2D eigenvalue weighted by Crippen LogP contribution is -2.00. The second-order valence-corrected chi connectivity index (χ2v) is 6.05. The first-order valence-electron chi connectivity index (χ1n) is 5.87. The van der Waals surface area contributed by atoms with E-state index in [1.807, 2.05) is 6.07 Å². The van der Waals surface area contributed by atoms with Gasteiger partial charge in [0.2, 0.25) is 0 Å². The standard InChI is InChI=1S/C14H9Cl2FN2S/c15-8-5-6-11-14(13(8)16)19-12(20-11)7-18-10-4-2-1-3-9(10)17/h1-6,18H,7H2. The second-order valence-electron chi connectivity index (χ2n) is 4.15. The zero-order valence-corrected chi connectivity index (χ0v) is 12.5. The summed E-state index contributed by atoms with van der Waals surface area (Å²) in [6, 6.07) is 10.2. The summed E-state index contributed by atoms with van der Waals surface area (Å²) in [6.07, 6.45) is 0. The lowest BCUT2D eigenvalue weighted by molar-refractivity contribution is 0.630. The summed E-state index contributed by atoms with van der Waals surface area (Å²) in [5, 5.41) is 4.79. The van der Waals surface area contributed by atoms with Crippen molar-refractivity contribution in [3.05, 3.63) is 57.3 Å². The molecule has 0 radical (unpaired) electrons. The number of nitrogens with one attached hydrogen (secondary N) is 1. The molecule has 0 aliphatic carbocycles. The molecule has 0 spiro atoms. The van der Waals surface area contributed by atoms with Gasteiger partial charge in [-0.3, -0.25) is 0 Å². The summed E-state index contributed by atoms with van der Waals surface area (Å²) in [5.41, 5.74) is 1.14. The Hall–Kier alpha value is -1.36. The highest BCUT2D eigenvalue weighted by Gasteiger charge is 2.10. The molecule has 0 aliphatic heterocycles. The maximum absolute atomic E-state index is 13.5. The average molecular weight is 327 g/mol. The fourth-order valence-electron chi connectivity index (χ4n) is 1.83. The van der Waals surface area contributed by atoms with E-state index in [0.29, 0.717) is 27.8 Å². The maximum atomic E-state index is 13.5. The number of anilines is 1. The van der Waals surface area contributed by atoms with E-state index in [2.05, 4.69) is 10.3 Å². The van der Waals surface area contributed by atoms with Crippen LogP contribution in [0.5, 0.6) is 0 Å². The van der Waals surface area contributed by atoms with Crippen LogP contribution in [0.25, 0.3) is 10.2 Å². The summed E-state index contributed by atoms with van der Waals surface area (Å²) < 4.78 is 14.5. The average Bonchev–Trinajstić information content (AvgIpc) is 2.86. The lowest BCUT2D eigenvalue weighted by atomic mass is 10.3. The fourth-order valence-corrected chi connectivity index (χ4v) is 3.17. The Morgan fingerprint density at radius 3 is 2.75 bits per heavy atom. The molecule has 3 aromatic rings. The Labute approximate surface area is 129 Å². The van der Waals surface area contributed by atoms with Gasteiger partial charge in [-0.25, -0.2) is 9.37 Å². The van der Waals surface area contributed by atoms with Crippen LogP contribution in [0.3, 0.4) is 0 Å². The Kier molecular flexibility index (Phi) is 3.78. The van der Waals surface area contributed by atoms with E-state index in [-0.39, 0.29) is 5.82 Å². The monoisotopic (exact) mass is 326 g/mol. The van der Waals surface area contributed by atoms with E-state index in [1.54, 1.807) is 24.3 Å². The minimum atomic E-state index is -0.283. The lowest BCUT2D eigenvalue weighted by Gasteiger charge is -2.04. The van der Waals surface area contributed by atoms with Gasteiger partial charge in [0, 0.05) is 0 Å². The molecule has 1 N–H and O–H groups in total. The smallest absolute Gasteiger partial charge is 0.146 e. The molecular formula is C14H9Cl2FN2S.